The van der Waals surface area contributed by atoms with Crippen LogP contribution in [0.2, 0.25) is 0 Å². The third-order valence-corrected chi connectivity index (χ3v) is 12.7. The number of phenolic OH excluding ortho intramolecular Hbond substituents is 2. The monoisotopic (exact) mass is 894 g/mol. The number of aryl methyl sites for hydroxylation is 1. The van der Waals surface area contributed by atoms with Gasteiger partial charge in [0.2, 0.25) is 10.0 Å². The largest absolute Gasteiger partial charge is 1.00 e. The first kappa shape index (κ1) is 43.3. The number of carbonyl (C=O) groups is 3. The number of thiazole rings is 1. The number of nitrogens with two attached hydrogens (primary N) is 1. The summed E-state index contributed by atoms with van der Waals surface area (Å²) in [6, 6.07) is 3.51. The van der Waals surface area contributed by atoms with Crippen molar-refractivity contribution in [1.29, 1.82) is 0 Å². The Morgan fingerprint density at radius 1 is 1.15 bits per heavy atom. The molecule has 2 atom stereocenters. The molecule has 4 aromatic heterocycles. The predicted molar refractivity (Wildman–Crippen MR) is 201 cm³/mol. The number of hydrogen-bond donors (Lipinski definition) is 7. The molecule has 0 radical (unpaired) electrons. The molecule has 0 aliphatic carbocycles. The molecule has 8 N–H and O–H groups in total. The Kier molecular flexibility index (Phi) is 12.9. The number of sulfonamides is 1. The van der Waals surface area contributed by atoms with E-state index in [1.165, 1.54) is 21.7 Å². The number of amides is 2. The van der Waals surface area contributed by atoms with Gasteiger partial charge in [0.25, 0.3) is 23.2 Å². The fourth-order valence-corrected chi connectivity index (χ4v) is 9.58. The number of rotatable bonds is 14. The predicted octanol–water partition coefficient (Wildman–Crippen LogP) is -4.73. The summed E-state index contributed by atoms with van der Waals surface area (Å²) >= 11 is 3.36. The molecule has 2 aliphatic rings. The Hall–Kier alpha value is -5.29. The first-order valence-electron chi connectivity index (χ1n) is 16.3. The number of hydrogen-bond acceptors (Lipinski definition) is 21. The Morgan fingerprint density at radius 3 is 2.63 bits per heavy atom. The van der Waals surface area contributed by atoms with Gasteiger partial charge in [-0.1, -0.05) is 5.16 Å². The summed E-state index contributed by atoms with van der Waals surface area (Å²) < 4.78 is 29.2. The fraction of sp³-hybridized carbons (Fsp3) is 0.226. The topological polar surface area (TPSA) is 346 Å². The van der Waals surface area contributed by atoms with Crippen LogP contribution in [-0.4, -0.2) is 110 Å². The van der Waals surface area contributed by atoms with Gasteiger partial charge in [-0.05, 0) is 30.7 Å². The minimum Gasteiger partial charge on any atom is -0.543 e. The summed E-state index contributed by atoms with van der Waals surface area (Å²) in [5.41, 5.74) is 5.07. The summed E-state index contributed by atoms with van der Waals surface area (Å²) in [6.07, 6.45) is 0.908. The molecule has 23 nitrogen and oxygen atoms in total. The van der Waals surface area contributed by atoms with Crippen molar-refractivity contribution in [2.75, 3.05) is 17.2 Å². The van der Waals surface area contributed by atoms with E-state index in [-0.39, 0.29) is 92.2 Å². The Labute approximate surface area is 365 Å². The number of fused-ring (bicyclic) bond motifs is 2. The van der Waals surface area contributed by atoms with Crippen molar-refractivity contribution < 1.29 is 77.6 Å². The molecule has 2 amide bonds. The number of H-pyrrole nitrogens is 1. The summed E-state index contributed by atoms with van der Waals surface area (Å²) in [5.74, 6) is -4.62. The van der Waals surface area contributed by atoms with Gasteiger partial charge in [0.05, 0.1) is 29.3 Å². The van der Waals surface area contributed by atoms with Crippen molar-refractivity contribution in [2.24, 2.45) is 5.16 Å². The standard InChI is InChI=1S/C31H28N12O11S4.Na/c1-12-4-21(43-31(35-12)38-19(40-43)7-34-58(52,53)14-2-3-16(44)17(45)5-14)55-9-13-10-56-28-23(27(49)42(28)24(13)29(50)51)39-26(48)22(15-11-57-30(32)36-15)41-54-8-20-33-6-18(46)25(47)37-20;/h2-6,11,23,28,34,44-46H,7-10H2,1H3,(H2,32,36)(H,39,48)(H,50,51)(H,33,37,47);/q;+1/p-1/b41-22-;/t23-,28-;/m1./s1. The van der Waals surface area contributed by atoms with Gasteiger partial charge in [-0.15, -0.1) is 40.0 Å². The van der Waals surface area contributed by atoms with Gasteiger partial charge >= 0.3 is 29.6 Å². The van der Waals surface area contributed by atoms with Gasteiger partial charge < -0.3 is 46.1 Å². The Balaban J connectivity index is 0.00000585. The molecule has 1 saturated heterocycles. The van der Waals surface area contributed by atoms with E-state index in [2.05, 4.69) is 45.2 Å². The van der Waals surface area contributed by atoms with Crippen LogP contribution in [0.25, 0.3) is 5.78 Å². The number of nitrogens with one attached hydrogen (secondary N) is 3. The van der Waals surface area contributed by atoms with Gasteiger partial charge in [0.1, 0.15) is 28.0 Å². The van der Waals surface area contributed by atoms with Crippen LogP contribution in [-0.2, 0) is 42.4 Å². The molecule has 0 spiro atoms. The molecule has 59 heavy (non-hydrogen) atoms. The van der Waals surface area contributed by atoms with Crippen molar-refractivity contribution >= 4 is 79.3 Å². The summed E-state index contributed by atoms with van der Waals surface area (Å²) in [6.45, 7) is 0.917. The number of anilines is 1. The minimum atomic E-state index is -4.14. The quantitative estimate of drug-likeness (QED) is 0.0105. The molecular formula is C31H27N12NaO11S4. The van der Waals surface area contributed by atoms with E-state index in [0.29, 0.717) is 16.3 Å². The van der Waals surface area contributed by atoms with Crippen LogP contribution in [0.15, 0.2) is 67.0 Å². The number of aliphatic carboxylic acids is 1. The number of β-lactam (4-membered cyclic amide) rings is 1. The van der Waals surface area contributed by atoms with Crippen molar-refractivity contribution in [3.05, 3.63) is 80.5 Å². The zero-order valence-electron chi connectivity index (χ0n) is 30.3. The second-order valence-electron chi connectivity index (χ2n) is 12.2. The van der Waals surface area contributed by atoms with Crippen molar-refractivity contribution in [1.82, 2.24) is 49.5 Å². The molecular weight excluding hydrogens is 868 g/mol. The SMILES string of the molecule is Cc1cc(SCC2=C(C(=O)[O-])N3C(=O)[C@@H](NC(=O)/C(=N\OCc4ncc(O)c(=O)[nH]4)c4csc(N)n4)[C@H]3SC2)n2nc(CNS(=O)(=O)c3ccc(O)c(O)c3)nc2n1.[Na+]. The van der Waals surface area contributed by atoms with E-state index < -0.39 is 68.6 Å². The number of carbonyl (C=O) groups excluding carboxylic acids is 3. The summed E-state index contributed by atoms with van der Waals surface area (Å²) in [7, 11) is -4.14. The van der Waals surface area contributed by atoms with Gasteiger partial charge in [-0.3, -0.25) is 19.3 Å². The van der Waals surface area contributed by atoms with Crippen molar-refractivity contribution in [3.8, 4) is 17.2 Å². The number of carboxylic acids is 1. The average molecular weight is 895 g/mol. The summed E-state index contributed by atoms with van der Waals surface area (Å²) in [4.78, 5) is 75.8. The van der Waals surface area contributed by atoms with E-state index >= 15 is 0 Å². The molecule has 1 fully saturated rings. The molecule has 7 rings (SSSR count). The Morgan fingerprint density at radius 2 is 1.93 bits per heavy atom. The van der Waals surface area contributed by atoms with Crippen molar-refractivity contribution in [2.45, 2.75) is 41.4 Å². The number of benzene rings is 1. The molecule has 2 aliphatic heterocycles. The number of aromatic amines is 1. The van der Waals surface area contributed by atoms with Gasteiger partial charge in [0.15, 0.2) is 40.5 Å². The van der Waals surface area contributed by atoms with E-state index in [9.17, 15) is 48.0 Å². The van der Waals surface area contributed by atoms with E-state index in [1.54, 1.807) is 13.0 Å². The number of nitrogen functional groups attached to an aromatic ring is 1. The zero-order chi connectivity index (χ0) is 41.5. The maximum Gasteiger partial charge on any atom is 1.00 e. The molecule has 302 valence electrons. The van der Waals surface area contributed by atoms with Crippen LogP contribution >= 0.6 is 34.9 Å². The van der Waals surface area contributed by atoms with Crippen molar-refractivity contribution in [3.63, 3.8) is 0 Å². The van der Waals surface area contributed by atoms with Gasteiger partial charge in [-0.2, -0.15) is 9.50 Å². The number of thioether (sulfide) groups is 2. The molecule has 5 aromatic rings. The normalized spacial score (nSPS) is 16.7. The average Bonchev–Trinajstić information content (AvgIpc) is 3.81. The van der Waals surface area contributed by atoms with Crippen LogP contribution in [0.1, 0.15) is 23.0 Å². The maximum atomic E-state index is 13.5. The smallest absolute Gasteiger partial charge is 0.543 e. The number of aromatic nitrogens is 7. The van der Waals surface area contributed by atoms with Crippen LogP contribution in [0.3, 0.4) is 0 Å². The summed E-state index contributed by atoms with van der Waals surface area (Å²) in [5, 5.41) is 53.0. The van der Waals surface area contributed by atoms with Crippen LogP contribution in [0.4, 0.5) is 5.13 Å². The first-order chi connectivity index (χ1) is 27.6. The number of carboxylic acid groups (broad SMARTS) is 1. The number of phenols is 2. The molecule has 0 unspecified atom stereocenters. The zero-order valence-corrected chi connectivity index (χ0v) is 35.6. The van der Waals surface area contributed by atoms with Crippen LogP contribution in [0.5, 0.6) is 17.2 Å². The molecule has 1 aromatic carbocycles. The molecule has 0 saturated carbocycles. The fourth-order valence-electron chi connectivity index (χ4n) is 5.50. The first-order valence-corrected chi connectivity index (χ1v) is 20.7. The van der Waals surface area contributed by atoms with E-state index in [4.69, 9.17) is 10.6 Å². The third kappa shape index (κ3) is 9.15. The molecule has 0 bridgehead atoms. The maximum absolute atomic E-state index is 13.5. The van der Waals surface area contributed by atoms with Crippen LogP contribution in [0, 0.1) is 6.92 Å². The number of oxime groups is 1. The van der Waals surface area contributed by atoms with E-state index in [1.807, 2.05) is 0 Å². The van der Waals surface area contributed by atoms with Gasteiger partial charge in [-0.25, -0.2) is 28.1 Å². The second kappa shape index (κ2) is 17.5. The Bertz CT molecular complexity index is 2740. The molecule has 6 heterocycles. The number of nitrogens with zero attached hydrogens (tertiary/aromatic N) is 8. The van der Waals surface area contributed by atoms with Gasteiger partial charge in [0, 0.05) is 28.6 Å². The molecule has 28 heteroatoms. The van der Waals surface area contributed by atoms with E-state index in [0.717, 1.165) is 52.4 Å². The number of aromatic hydroxyl groups is 3. The van der Waals surface area contributed by atoms with Crippen LogP contribution < -0.4 is 56.0 Å². The second-order valence-corrected chi connectivity index (χ2v) is 16.9. The minimum absolute atomic E-state index is 0. The third-order valence-electron chi connectivity index (χ3n) is 8.22.